The van der Waals surface area contributed by atoms with Gasteiger partial charge in [0.1, 0.15) is 0 Å². The number of nitrogens with one attached hydrogen (secondary N) is 3. The molecule has 1 saturated heterocycles. The van der Waals surface area contributed by atoms with Gasteiger partial charge in [-0.2, -0.15) is 15.3 Å². The summed E-state index contributed by atoms with van der Waals surface area (Å²) in [5, 5.41) is 21.8. The first-order valence-corrected chi connectivity index (χ1v) is 8.99. The summed E-state index contributed by atoms with van der Waals surface area (Å²) in [7, 11) is 0. The van der Waals surface area contributed by atoms with Crippen LogP contribution in [0.4, 0.5) is 5.69 Å². The van der Waals surface area contributed by atoms with Crippen molar-refractivity contribution in [3.05, 3.63) is 48.7 Å². The lowest BCUT2D eigenvalue weighted by atomic mass is 9.89. The van der Waals surface area contributed by atoms with Crippen LogP contribution in [0.15, 0.2) is 43.0 Å². The van der Waals surface area contributed by atoms with E-state index in [1.54, 1.807) is 12.4 Å². The van der Waals surface area contributed by atoms with Gasteiger partial charge in [0, 0.05) is 28.8 Å². The monoisotopic (exact) mass is 377 g/mol. The number of aromatic amines is 2. The molecule has 0 aliphatic carbocycles. The molecule has 9 heteroatoms. The minimum Gasteiger partial charge on any atom is -0.380 e. The lowest BCUT2D eigenvalue weighted by Crippen LogP contribution is -2.43. The van der Waals surface area contributed by atoms with Crippen LogP contribution >= 0.6 is 0 Å². The second kappa shape index (κ2) is 6.31. The van der Waals surface area contributed by atoms with Crippen molar-refractivity contribution >= 4 is 22.5 Å². The zero-order valence-electron chi connectivity index (χ0n) is 15.3. The topological polar surface area (TPSA) is 114 Å². The molecule has 1 amide bonds. The van der Waals surface area contributed by atoms with Gasteiger partial charge >= 0.3 is 0 Å². The Morgan fingerprint density at radius 1 is 1.32 bits per heavy atom. The highest BCUT2D eigenvalue weighted by atomic mass is 16.5. The molecule has 5 rings (SSSR count). The first kappa shape index (κ1) is 16.7. The molecule has 0 spiro atoms. The molecular formula is C19H19N7O2. The van der Waals surface area contributed by atoms with E-state index >= 15 is 0 Å². The fourth-order valence-corrected chi connectivity index (χ4v) is 3.42. The van der Waals surface area contributed by atoms with Gasteiger partial charge < -0.3 is 10.1 Å². The molecule has 0 radical (unpaired) electrons. The zero-order valence-corrected chi connectivity index (χ0v) is 15.3. The number of benzene rings is 1. The molecule has 142 valence electrons. The molecule has 28 heavy (non-hydrogen) atoms. The minimum atomic E-state index is -0.278. The number of fused-ring (bicyclic) bond motifs is 1. The fourth-order valence-electron chi connectivity index (χ4n) is 3.42. The van der Waals surface area contributed by atoms with Gasteiger partial charge in [-0.1, -0.05) is 13.0 Å². The van der Waals surface area contributed by atoms with Crippen molar-refractivity contribution in [3.63, 3.8) is 0 Å². The van der Waals surface area contributed by atoms with Crippen molar-refractivity contribution in [1.82, 2.24) is 30.2 Å². The van der Waals surface area contributed by atoms with E-state index in [9.17, 15) is 4.79 Å². The second-order valence-corrected chi connectivity index (χ2v) is 7.50. The predicted molar refractivity (Wildman–Crippen MR) is 103 cm³/mol. The Morgan fingerprint density at radius 3 is 2.96 bits per heavy atom. The number of aromatic nitrogens is 6. The third-order valence-electron chi connectivity index (χ3n) is 4.95. The second-order valence-electron chi connectivity index (χ2n) is 7.50. The molecule has 4 heterocycles. The summed E-state index contributed by atoms with van der Waals surface area (Å²) in [5.74, 6) is -0.278. The van der Waals surface area contributed by atoms with Crippen LogP contribution in [0, 0.1) is 5.41 Å². The first-order chi connectivity index (χ1) is 13.6. The third kappa shape index (κ3) is 2.95. The summed E-state index contributed by atoms with van der Waals surface area (Å²) in [6.45, 7) is 4.37. The maximum absolute atomic E-state index is 12.7. The number of carbonyl (C=O) groups excluding carboxylic acids is 1. The molecule has 0 saturated carbocycles. The average Bonchev–Trinajstić information content (AvgIpc) is 3.40. The average molecular weight is 377 g/mol. The van der Waals surface area contributed by atoms with Crippen molar-refractivity contribution in [2.24, 2.45) is 5.41 Å². The molecule has 3 N–H and O–H groups in total. The molecule has 1 aromatic carbocycles. The highest BCUT2D eigenvalue weighted by Crippen LogP contribution is 2.29. The maximum Gasteiger partial charge on any atom is 0.276 e. The van der Waals surface area contributed by atoms with Crippen molar-refractivity contribution in [1.29, 1.82) is 0 Å². The lowest BCUT2D eigenvalue weighted by Gasteiger charge is -2.37. The summed E-state index contributed by atoms with van der Waals surface area (Å²) in [4.78, 5) is 12.7. The van der Waals surface area contributed by atoms with Gasteiger partial charge in [0.25, 0.3) is 5.91 Å². The number of nitrogens with zero attached hydrogens (tertiary/aromatic N) is 4. The van der Waals surface area contributed by atoms with Crippen molar-refractivity contribution in [3.8, 4) is 11.1 Å². The summed E-state index contributed by atoms with van der Waals surface area (Å²) in [6.07, 6.45) is 7.04. The van der Waals surface area contributed by atoms with Crippen LogP contribution in [0.3, 0.4) is 0 Å². The van der Waals surface area contributed by atoms with E-state index in [1.165, 1.54) is 0 Å². The molecule has 1 aliphatic rings. The Kier molecular flexibility index (Phi) is 3.76. The third-order valence-corrected chi connectivity index (χ3v) is 4.95. The van der Waals surface area contributed by atoms with Gasteiger partial charge in [0.2, 0.25) is 0 Å². The smallest absolute Gasteiger partial charge is 0.276 e. The van der Waals surface area contributed by atoms with Gasteiger partial charge in [-0.15, -0.1) is 0 Å². The van der Waals surface area contributed by atoms with Crippen LogP contribution in [0.5, 0.6) is 0 Å². The summed E-state index contributed by atoms with van der Waals surface area (Å²) < 4.78 is 7.11. The molecule has 0 bridgehead atoms. The standard InChI is InChI=1S/C19H19N7O2/c1-19(10-28-11-19)9-26-8-14(7-22-26)23-18(27)17-15-3-2-12(4-16(15)24-25-17)13-5-20-21-6-13/h2-8H,9-11H2,1H3,(H,20,21)(H,23,27)(H,24,25). The Hall–Kier alpha value is -3.46. The van der Waals surface area contributed by atoms with Crippen LogP contribution in [0.1, 0.15) is 17.4 Å². The van der Waals surface area contributed by atoms with Crippen molar-refractivity contribution in [2.75, 3.05) is 18.5 Å². The van der Waals surface area contributed by atoms with Crippen molar-refractivity contribution < 1.29 is 9.53 Å². The largest absolute Gasteiger partial charge is 0.380 e. The van der Waals surface area contributed by atoms with E-state index in [0.717, 1.165) is 41.8 Å². The van der Waals surface area contributed by atoms with Gasteiger partial charge in [0.05, 0.1) is 43.4 Å². The van der Waals surface area contributed by atoms with Gasteiger partial charge in [-0.25, -0.2) is 0 Å². The van der Waals surface area contributed by atoms with Crippen LogP contribution < -0.4 is 5.32 Å². The zero-order chi connectivity index (χ0) is 19.1. The number of anilines is 1. The van der Waals surface area contributed by atoms with Gasteiger partial charge in [-0.05, 0) is 17.7 Å². The van der Waals surface area contributed by atoms with E-state index in [4.69, 9.17) is 4.74 Å². The van der Waals surface area contributed by atoms with Crippen LogP contribution in [-0.2, 0) is 11.3 Å². The minimum absolute atomic E-state index is 0.110. The summed E-state index contributed by atoms with van der Waals surface area (Å²) in [6, 6.07) is 5.78. The molecule has 3 aromatic heterocycles. The Morgan fingerprint density at radius 2 is 2.21 bits per heavy atom. The van der Waals surface area contributed by atoms with E-state index in [0.29, 0.717) is 11.4 Å². The Balaban J connectivity index is 1.34. The highest BCUT2D eigenvalue weighted by molar-refractivity contribution is 6.11. The normalized spacial score (nSPS) is 15.5. The number of ether oxygens (including phenoxy) is 1. The number of H-pyrrole nitrogens is 2. The molecular weight excluding hydrogens is 358 g/mol. The number of rotatable bonds is 5. The molecule has 0 atom stereocenters. The summed E-state index contributed by atoms with van der Waals surface area (Å²) >= 11 is 0. The quantitative estimate of drug-likeness (QED) is 0.494. The molecule has 0 unspecified atom stereocenters. The maximum atomic E-state index is 12.7. The highest BCUT2D eigenvalue weighted by Gasteiger charge is 2.34. The van der Waals surface area contributed by atoms with Crippen LogP contribution in [0.25, 0.3) is 22.0 Å². The fraction of sp³-hybridized carbons (Fsp3) is 0.263. The van der Waals surface area contributed by atoms with Gasteiger partial charge in [0.15, 0.2) is 5.69 Å². The number of hydrogen-bond acceptors (Lipinski definition) is 5. The Bertz CT molecular complexity index is 1140. The van der Waals surface area contributed by atoms with E-state index < -0.39 is 0 Å². The Labute approximate surface area is 160 Å². The number of hydrogen-bond donors (Lipinski definition) is 3. The molecule has 1 fully saturated rings. The first-order valence-electron chi connectivity index (χ1n) is 8.99. The SMILES string of the molecule is CC1(Cn2cc(NC(=O)c3n[nH]c4cc(-c5cn[nH]c5)ccc34)cn2)COC1. The van der Waals surface area contributed by atoms with E-state index in [1.807, 2.05) is 35.3 Å². The lowest BCUT2D eigenvalue weighted by molar-refractivity contribution is -0.111. The predicted octanol–water partition coefficient (Wildman–Crippen LogP) is 2.44. The van der Waals surface area contributed by atoms with Gasteiger partial charge in [-0.3, -0.25) is 19.7 Å². The molecule has 4 aromatic rings. The molecule has 9 nitrogen and oxygen atoms in total. The molecule has 1 aliphatic heterocycles. The number of amides is 1. The van der Waals surface area contributed by atoms with Crippen LogP contribution in [-0.4, -0.2) is 49.3 Å². The van der Waals surface area contributed by atoms with Crippen LogP contribution in [0.2, 0.25) is 0 Å². The van der Waals surface area contributed by atoms with E-state index in [2.05, 4.69) is 37.7 Å². The van der Waals surface area contributed by atoms with Crippen molar-refractivity contribution in [2.45, 2.75) is 13.5 Å². The van der Waals surface area contributed by atoms with E-state index in [-0.39, 0.29) is 11.3 Å². The summed E-state index contributed by atoms with van der Waals surface area (Å²) in [5.41, 5.74) is 3.85. The number of carbonyl (C=O) groups is 1.